The third-order valence-electron chi connectivity index (χ3n) is 6.42. The van der Waals surface area contributed by atoms with Crippen LogP contribution in [0.5, 0.6) is 5.75 Å². The number of thioether (sulfide) groups is 1. The van der Waals surface area contributed by atoms with E-state index in [9.17, 15) is 13.2 Å². The van der Waals surface area contributed by atoms with Crippen LogP contribution >= 0.6 is 11.8 Å². The molecule has 4 aromatic rings. The minimum absolute atomic E-state index is 0.140. The van der Waals surface area contributed by atoms with Crippen molar-refractivity contribution in [3.05, 3.63) is 84.4 Å². The van der Waals surface area contributed by atoms with Crippen molar-refractivity contribution in [2.45, 2.75) is 29.4 Å². The fraction of sp³-hybridized carbons (Fsp3) is 0.250. The second-order valence-electron chi connectivity index (χ2n) is 9.03. The molecule has 3 aromatic carbocycles. The minimum Gasteiger partial charge on any atom is -0.497 e. The Hall–Kier alpha value is -3.67. The predicted molar refractivity (Wildman–Crippen MR) is 150 cm³/mol. The zero-order valence-corrected chi connectivity index (χ0v) is 23.1. The number of methoxy groups -OCH3 is 1. The van der Waals surface area contributed by atoms with E-state index in [1.165, 1.54) is 16.1 Å². The lowest BCUT2D eigenvalue weighted by molar-refractivity contribution is -0.118. The van der Waals surface area contributed by atoms with Crippen molar-refractivity contribution < 1.29 is 17.9 Å². The van der Waals surface area contributed by atoms with E-state index in [1.54, 1.807) is 25.3 Å². The molecule has 1 aliphatic rings. The normalized spacial score (nSPS) is 13.9. The maximum atomic E-state index is 13.2. The first-order valence-corrected chi connectivity index (χ1v) is 15.0. The molecule has 1 fully saturated rings. The number of nitrogens with zero attached hydrogens (tertiary/aromatic N) is 4. The van der Waals surface area contributed by atoms with Gasteiger partial charge >= 0.3 is 0 Å². The molecule has 0 aliphatic carbocycles. The van der Waals surface area contributed by atoms with E-state index in [2.05, 4.69) is 15.5 Å². The number of amides is 1. The molecule has 2 heterocycles. The van der Waals surface area contributed by atoms with E-state index in [4.69, 9.17) is 4.74 Å². The average molecular weight is 564 g/mol. The van der Waals surface area contributed by atoms with Gasteiger partial charge in [0, 0.05) is 30.9 Å². The summed E-state index contributed by atoms with van der Waals surface area (Å²) >= 11 is 1.27. The molecule has 39 heavy (non-hydrogen) atoms. The number of carbonyl (C=O) groups is 1. The standard InChI is InChI=1S/C28H29N5O4S2/c1-37-24-14-12-21(13-15-24)19-29-26(34)20-38-28-31-30-27(33(28)23-9-3-2-4-10-23)22-8-7-11-25(18-22)39(35,36)32-16-5-6-17-32/h2-4,7-15,18H,5-6,16-17,19-20H2,1H3,(H,29,34). The van der Waals surface area contributed by atoms with E-state index >= 15 is 0 Å². The molecule has 1 saturated heterocycles. The number of nitrogens with one attached hydrogen (secondary N) is 1. The molecule has 0 unspecified atom stereocenters. The monoisotopic (exact) mass is 563 g/mol. The topological polar surface area (TPSA) is 106 Å². The van der Waals surface area contributed by atoms with Crippen molar-refractivity contribution in [1.29, 1.82) is 0 Å². The van der Waals surface area contributed by atoms with Gasteiger partial charge < -0.3 is 10.1 Å². The summed E-state index contributed by atoms with van der Waals surface area (Å²) in [6, 6.07) is 23.9. The molecule has 0 atom stereocenters. The van der Waals surface area contributed by atoms with Gasteiger partial charge in [-0.15, -0.1) is 10.2 Å². The molecule has 0 saturated carbocycles. The number of hydrogen-bond donors (Lipinski definition) is 1. The number of hydrogen-bond acceptors (Lipinski definition) is 7. The van der Waals surface area contributed by atoms with Crippen LogP contribution in [0.15, 0.2) is 88.9 Å². The third-order valence-corrected chi connectivity index (χ3v) is 9.25. The largest absolute Gasteiger partial charge is 0.497 e. The zero-order valence-electron chi connectivity index (χ0n) is 21.5. The Labute approximate surface area is 232 Å². The molecule has 9 nitrogen and oxygen atoms in total. The van der Waals surface area contributed by atoms with Crippen LogP contribution in [0, 0.1) is 0 Å². The summed E-state index contributed by atoms with van der Waals surface area (Å²) in [6.45, 7) is 1.47. The van der Waals surface area contributed by atoms with Crippen LogP contribution in [-0.4, -0.2) is 59.3 Å². The van der Waals surface area contributed by atoms with Gasteiger partial charge in [0.25, 0.3) is 0 Å². The Kier molecular flexibility index (Phi) is 8.30. The van der Waals surface area contributed by atoms with Gasteiger partial charge in [0.15, 0.2) is 11.0 Å². The fourth-order valence-electron chi connectivity index (χ4n) is 4.36. The molecule has 11 heteroatoms. The summed E-state index contributed by atoms with van der Waals surface area (Å²) in [5, 5.41) is 12.2. The van der Waals surface area contributed by atoms with Gasteiger partial charge in [0.05, 0.1) is 17.8 Å². The van der Waals surface area contributed by atoms with Crippen LogP contribution in [0.1, 0.15) is 18.4 Å². The lowest BCUT2D eigenvalue weighted by atomic mass is 10.2. The smallest absolute Gasteiger partial charge is 0.243 e. The van der Waals surface area contributed by atoms with Crippen LogP contribution in [-0.2, 0) is 21.4 Å². The van der Waals surface area contributed by atoms with Crippen LogP contribution in [0.2, 0.25) is 0 Å². The Morgan fingerprint density at radius 2 is 1.72 bits per heavy atom. The van der Waals surface area contributed by atoms with Crippen molar-refractivity contribution in [2.24, 2.45) is 0 Å². The maximum absolute atomic E-state index is 13.2. The summed E-state index contributed by atoms with van der Waals surface area (Å²) in [6.07, 6.45) is 1.74. The highest BCUT2D eigenvalue weighted by atomic mass is 32.2. The van der Waals surface area contributed by atoms with Gasteiger partial charge in [-0.25, -0.2) is 8.42 Å². The third kappa shape index (κ3) is 6.16. The quantitative estimate of drug-likeness (QED) is 0.289. The van der Waals surface area contributed by atoms with Crippen LogP contribution in [0.4, 0.5) is 0 Å². The number of para-hydroxylation sites is 1. The van der Waals surface area contributed by atoms with Gasteiger partial charge in [-0.3, -0.25) is 9.36 Å². The second-order valence-corrected chi connectivity index (χ2v) is 11.9. The van der Waals surface area contributed by atoms with Crippen molar-refractivity contribution in [3.63, 3.8) is 0 Å². The summed E-state index contributed by atoms with van der Waals surface area (Å²) < 4.78 is 34.9. The Balaban J connectivity index is 1.36. The van der Waals surface area contributed by atoms with Gasteiger partial charge in [0.1, 0.15) is 5.75 Å². The predicted octanol–water partition coefficient (Wildman–Crippen LogP) is 4.14. The molecule has 1 aliphatic heterocycles. The first-order chi connectivity index (χ1) is 19.0. The van der Waals surface area contributed by atoms with E-state index in [0.717, 1.165) is 29.8 Å². The molecule has 5 rings (SSSR count). The Morgan fingerprint density at radius 1 is 0.974 bits per heavy atom. The highest BCUT2D eigenvalue weighted by Crippen LogP contribution is 2.30. The van der Waals surface area contributed by atoms with Gasteiger partial charge in [-0.1, -0.05) is 54.2 Å². The first-order valence-electron chi connectivity index (χ1n) is 12.6. The summed E-state index contributed by atoms with van der Waals surface area (Å²) in [7, 11) is -1.97. The Bertz CT molecular complexity index is 1530. The fourth-order valence-corrected chi connectivity index (χ4v) is 6.70. The molecule has 1 amide bonds. The van der Waals surface area contributed by atoms with E-state index in [0.29, 0.717) is 36.2 Å². The van der Waals surface area contributed by atoms with Crippen LogP contribution in [0.25, 0.3) is 17.1 Å². The van der Waals surface area contributed by atoms with Crippen molar-refractivity contribution in [3.8, 4) is 22.8 Å². The van der Waals surface area contributed by atoms with Crippen molar-refractivity contribution >= 4 is 27.7 Å². The van der Waals surface area contributed by atoms with Crippen molar-refractivity contribution in [1.82, 2.24) is 24.4 Å². The van der Waals surface area contributed by atoms with E-state index < -0.39 is 10.0 Å². The number of rotatable bonds is 10. The maximum Gasteiger partial charge on any atom is 0.243 e. The molecule has 1 N–H and O–H groups in total. The number of carbonyl (C=O) groups excluding carboxylic acids is 1. The average Bonchev–Trinajstić information content (AvgIpc) is 3.67. The molecule has 0 spiro atoms. The minimum atomic E-state index is -3.58. The van der Waals surface area contributed by atoms with Gasteiger partial charge in [0.2, 0.25) is 15.9 Å². The first kappa shape index (κ1) is 26.9. The van der Waals surface area contributed by atoms with Crippen molar-refractivity contribution in [2.75, 3.05) is 26.0 Å². The second kappa shape index (κ2) is 12.0. The Morgan fingerprint density at radius 3 is 2.44 bits per heavy atom. The number of ether oxygens (including phenoxy) is 1. The lowest BCUT2D eigenvalue weighted by Gasteiger charge is -2.16. The van der Waals surface area contributed by atoms with E-state index in [-0.39, 0.29) is 16.6 Å². The molecular formula is C28H29N5O4S2. The molecule has 202 valence electrons. The number of aromatic nitrogens is 3. The lowest BCUT2D eigenvalue weighted by Crippen LogP contribution is -2.27. The molecule has 0 bridgehead atoms. The van der Waals surface area contributed by atoms with Crippen LogP contribution < -0.4 is 10.1 Å². The van der Waals surface area contributed by atoms with E-state index in [1.807, 2.05) is 65.2 Å². The number of benzene rings is 3. The molecule has 0 radical (unpaired) electrons. The van der Waals surface area contributed by atoms with Crippen LogP contribution in [0.3, 0.4) is 0 Å². The zero-order chi connectivity index (χ0) is 27.2. The summed E-state index contributed by atoms with van der Waals surface area (Å²) in [4.78, 5) is 12.9. The SMILES string of the molecule is COc1ccc(CNC(=O)CSc2nnc(-c3cccc(S(=O)(=O)N4CCCC4)c3)n2-c2ccccc2)cc1. The molecular weight excluding hydrogens is 534 g/mol. The highest BCUT2D eigenvalue weighted by Gasteiger charge is 2.28. The summed E-state index contributed by atoms with van der Waals surface area (Å²) in [5.74, 6) is 1.26. The summed E-state index contributed by atoms with van der Waals surface area (Å²) in [5.41, 5.74) is 2.40. The number of sulfonamides is 1. The van der Waals surface area contributed by atoms with Gasteiger partial charge in [-0.05, 0) is 54.8 Å². The molecule has 1 aromatic heterocycles. The highest BCUT2D eigenvalue weighted by molar-refractivity contribution is 7.99. The van der Waals surface area contributed by atoms with Gasteiger partial charge in [-0.2, -0.15) is 4.31 Å².